The maximum absolute atomic E-state index is 11.4. The van der Waals surface area contributed by atoms with Crippen LogP contribution in [0.1, 0.15) is 78.6 Å². The second-order valence-electron chi connectivity index (χ2n) is 10.9. The first kappa shape index (κ1) is 20.4. The lowest BCUT2D eigenvalue weighted by molar-refractivity contribution is -0.137. The second kappa shape index (κ2) is 7.12. The first-order valence-electron chi connectivity index (χ1n) is 11.5. The molecule has 3 saturated carbocycles. The number of fused-ring (bicyclic) bond motifs is 5. The summed E-state index contributed by atoms with van der Waals surface area (Å²) in [5.74, 6) is 1.60. The van der Waals surface area contributed by atoms with Crippen molar-refractivity contribution in [3.63, 3.8) is 0 Å². The number of carboxylic acid groups (broad SMARTS) is 1. The van der Waals surface area contributed by atoms with Gasteiger partial charge < -0.3 is 15.3 Å². The van der Waals surface area contributed by atoms with Gasteiger partial charge in [0.2, 0.25) is 0 Å². The molecule has 0 heterocycles. The highest BCUT2D eigenvalue weighted by Crippen LogP contribution is 2.66. The molecule has 0 amide bonds. The zero-order chi connectivity index (χ0) is 20.3. The van der Waals surface area contributed by atoms with Crippen molar-refractivity contribution in [2.45, 2.75) is 90.8 Å². The minimum atomic E-state index is -0.719. The molecule has 4 aliphatic carbocycles. The number of aliphatic hydroxyl groups is 2. The molecule has 4 rings (SSSR count). The van der Waals surface area contributed by atoms with Gasteiger partial charge in [0.05, 0.1) is 12.2 Å². The number of allylic oxidation sites excluding steroid dienone is 1. The van der Waals surface area contributed by atoms with Gasteiger partial charge in [-0.1, -0.05) is 32.4 Å². The zero-order valence-electron chi connectivity index (χ0n) is 17.7. The van der Waals surface area contributed by atoms with Crippen LogP contribution in [0.25, 0.3) is 0 Å². The Bertz CT molecular complexity index is 657. The van der Waals surface area contributed by atoms with Crippen LogP contribution in [0.15, 0.2) is 11.6 Å². The van der Waals surface area contributed by atoms with Crippen molar-refractivity contribution >= 4 is 5.97 Å². The van der Waals surface area contributed by atoms with Crippen LogP contribution < -0.4 is 0 Å². The highest BCUT2D eigenvalue weighted by atomic mass is 16.4. The number of carboxylic acids is 1. The molecule has 0 spiro atoms. The fourth-order valence-electron chi connectivity index (χ4n) is 8.01. The van der Waals surface area contributed by atoms with E-state index in [0.717, 1.165) is 32.1 Å². The second-order valence-corrected chi connectivity index (χ2v) is 10.9. The molecule has 9 atom stereocenters. The Morgan fingerprint density at radius 3 is 2.64 bits per heavy atom. The summed E-state index contributed by atoms with van der Waals surface area (Å²) in [4.78, 5) is 11.0. The van der Waals surface area contributed by atoms with Crippen LogP contribution in [0.4, 0.5) is 0 Å². The largest absolute Gasteiger partial charge is 0.481 e. The first-order valence-corrected chi connectivity index (χ1v) is 11.5. The SMILES string of the molecule is CC(CCC(=O)O)C1CCC2C3CCC4CC(O)CCC4(C)C3=CC(O)C12C. The van der Waals surface area contributed by atoms with Gasteiger partial charge in [-0.05, 0) is 86.4 Å². The molecule has 4 heteroatoms. The van der Waals surface area contributed by atoms with Gasteiger partial charge in [-0.15, -0.1) is 0 Å². The maximum Gasteiger partial charge on any atom is 0.303 e. The zero-order valence-corrected chi connectivity index (χ0v) is 17.7. The average molecular weight is 391 g/mol. The fourth-order valence-corrected chi connectivity index (χ4v) is 8.01. The van der Waals surface area contributed by atoms with E-state index in [0.29, 0.717) is 36.0 Å². The molecular formula is C24H38O4. The molecule has 0 aromatic rings. The van der Waals surface area contributed by atoms with E-state index >= 15 is 0 Å². The summed E-state index contributed by atoms with van der Waals surface area (Å²) in [5, 5.41) is 30.7. The van der Waals surface area contributed by atoms with Crippen LogP contribution in [0, 0.1) is 40.4 Å². The molecule has 158 valence electrons. The normalized spacial score (nSPS) is 48.8. The maximum atomic E-state index is 11.4. The Balaban J connectivity index is 1.62. The molecule has 9 unspecified atom stereocenters. The van der Waals surface area contributed by atoms with Gasteiger partial charge in [0.15, 0.2) is 0 Å². The number of carbonyl (C=O) groups is 1. The fraction of sp³-hybridized carbons (Fsp3) is 0.875. The Morgan fingerprint density at radius 2 is 1.93 bits per heavy atom. The molecule has 3 fully saturated rings. The van der Waals surface area contributed by atoms with Crippen molar-refractivity contribution in [2.75, 3.05) is 0 Å². The molecule has 4 aliphatic rings. The molecule has 4 nitrogen and oxygen atoms in total. The molecular weight excluding hydrogens is 352 g/mol. The monoisotopic (exact) mass is 390 g/mol. The van der Waals surface area contributed by atoms with E-state index in [1.54, 1.807) is 0 Å². The Hall–Kier alpha value is -0.870. The van der Waals surface area contributed by atoms with Crippen molar-refractivity contribution in [1.82, 2.24) is 0 Å². The third kappa shape index (κ3) is 2.98. The minimum Gasteiger partial charge on any atom is -0.481 e. The van der Waals surface area contributed by atoms with E-state index in [2.05, 4.69) is 26.8 Å². The summed E-state index contributed by atoms with van der Waals surface area (Å²) >= 11 is 0. The summed E-state index contributed by atoms with van der Waals surface area (Å²) in [6.45, 7) is 6.86. The van der Waals surface area contributed by atoms with Gasteiger partial charge in [0, 0.05) is 11.8 Å². The van der Waals surface area contributed by atoms with Crippen LogP contribution in [0.5, 0.6) is 0 Å². The third-order valence-electron chi connectivity index (χ3n) is 9.69. The summed E-state index contributed by atoms with van der Waals surface area (Å²) in [6, 6.07) is 0. The minimum absolute atomic E-state index is 0.135. The quantitative estimate of drug-likeness (QED) is 0.622. The molecule has 0 bridgehead atoms. The van der Waals surface area contributed by atoms with E-state index in [-0.39, 0.29) is 23.4 Å². The Morgan fingerprint density at radius 1 is 1.18 bits per heavy atom. The van der Waals surface area contributed by atoms with Crippen molar-refractivity contribution in [3.05, 3.63) is 11.6 Å². The van der Waals surface area contributed by atoms with Gasteiger partial charge in [0.1, 0.15) is 0 Å². The van der Waals surface area contributed by atoms with Gasteiger partial charge in [-0.25, -0.2) is 0 Å². The van der Waals surface area contributed by atoms with Crippen LogP contribution in [-0.2, 0) is 4.79 Å². The van der Waals surface area contributed by atoms with Crippen molar-refractivity contribution in [3.8, 4) is 0 Å². The number of rotatable bonds is 4. The molecule has 0 saturated heterocycles. The van der Waals surface area contributed by atoms with Gasteiger partial charge in [-0.2, -0.15) is 0 Å². The van der Waals surface area contributed by atoms with Gasteiger partial charge in [0.25, 0.3) is 0 Å². The van der Waals surface area contributed by atoms with Crippen molar-refractivity contribution < 1.29 is 20.1 Å². The van der Waals surface area contributed by atoms with E-state index in [9.17, 15) is 15.0 Å². The van der Waals surface area contributed by atoms with Gasteiger partial charge in [-0.3, -0.25) is 4.79 Å². The number of aliphatic hydroxyl groups excluding tert-OH is 2. The van der Waals surface area contributed by atoms with Crippen LogP contribution >= 0.6 is 0 Å². The Kier molecular flexibility index (Phi) is 5.19. The smallest absolute Gasteiger partial charge is 0.303 e. The summed E-state index contributed by atoms with van der Waals surface area (Å²) in [5.41, 5.74) is 1.49. The molecule has 0 aliphatic heterocycles. The van der Waals surface area contributed by atoms with Crippen LogP contribution in [-0.4, -0.2) is 33.5 Å². The standard InChI is InChI=1S/C24H38O4/c1-14(4-9-22(27)28)18-7-8-19-17-6-5-15-12-16(25)10-11-23(15,2)20(17)13-21(26)24(18,19)3/h13-19,21,25-26H,4-12H2,1-3H3,(H,27,28). The van der Waals surface area contributed by atoms with E-state index < -0.39 is 12.1 Å². The number of hydrogen-bond acceptors (Lipinski definition) is 3. The van der Waals surface area contributed by atoms with E-state index in [1.807, 2.05) is 0 Å². The lowest BCUT2D eigenvalue weighted by atomic mass is 9.47. The lowest BCUT2D eigenvalue weighted by Crippen LogP contribution is -2.53. The van der Waals surface area contributed by atoms with E-state index in [1.165, 1.54) is 18.4 Å². The predicted octanol–water partition coefficient (Wildman–Crippen LogP) is 4.40. The molecule has 28 heavy (non-hydrogen) atoms. The highest BCUT2D eigenvalue weighted by Gasteiger charge is 2.60. The summed E-state index contributed by atoms with van der Waals surface area (Å²) in [7, 11) is 0. The molecule has 0 aromatic heterocycles. The predicted molar refractivity (Wildman–Crippen MR) is 109 cm³/mol. The average Bonchev–Trinajstić information content (AvgIpc) is 3.00. The van der Waals surface area contributed by atoms with Crippen molar-refractivity contribution in [2.24, 2.45) is 40.4 Å². The lowest BCUT2D eigenvalue weighted by Gasteiger charge is -2.58. The van der Waals surface area contributed by atoms with Gasteiger partial charge >= 0.3 is 5.97 Å². The topological polar surface area (TPSA) is 77.8 Å². The molecule has 3 N–H and O–H groups in total. The molecule has 0 aromatic carbocycles. The third-order valence-corrected chi connectivity index (χ3v) is 9.69. The first-order chi connectivity index (χ1) is 13.2. The highest BCUT2D eigenvalue weighted by molar-refractivity contribution is 5.66. The summed E-state index contributed by atoms with van der Waals surface area (Å²) in [6.07, 6.45) is 10.0. The van der Waals surface area contributed by atoms with E-state index in [4.69, 9.17) is 5.11 Å². The van der Waals surface area contributed by atoms with Crippen LogP contribution in [0.2, 0.25) is 0 Å². The number of aliphatic carboxylic acids is 1. The van der Waals surface area contributed by atoms with Crippen LogP contribution in [0.3, 0.4) is 0 Å². The molecule has 0 radical (unpaired) electrons. The summed E-state index contributed by atoms with van der Waals surface area (Å²) < 4.78 is 0. The van der Waals surface area contributed by atoms with Crippen molar-refractivity contribution in [1.29, 1.82) is 0 Å². The number of hydrogen-bond donors (Lipinski definition) is 3. The Labute approximate surface area is 169 Å².